The van der Waals surface area contributed by atoms with Crippen molar-refractivity contribution in [3.05, 3.63) is 42.2 Å². The molecule has 2 heteroatoms. The maximum absolute atomic E-state index is 6.59. The Morgan fingerprint density at radius 1 is 1.05 bits per heavy atom. The first kappa shape index (κ1) is 11.4. The Morgan fingerprint density at radius 2 is 1.79 bits per heavy atom. The van der Waals surface area contributed by atoms with Crippen molar-refractivity contribution in [3.8, 4) is 0 Å². The number of rotatable bonds is 2. The van der Waals surface area contributed by atoms with E-state index in [9.17, 15) is 0 Å². The molecule has 0 saturated heterocycles. The van der Waals surface area contributed by atoms with Crippen LogP contribution in [0.4, 0.5) is 0 Å². The highest BCUT2D eigenvalue weighted by Crippen LogP contribution is 2.60. The Kier molecular flexibility index (Phi) is 2.59. The van der Waals surface area contributed by atoms with Gasteiger partial charge in [-0.25, -0.2) is 0 Å². The van der Waals surface area contributed by atoms with Crippen LogP contribution in [0.25, 0.3) is 10.8 Å². The summed E-state index contributed by atoms with van der Waals surface area (Å²) in [6.45, 7) is 0. The molecule has 2 fully saturated rings. The average Bonchev–Trinajstić information content (AvgIpc) is 3.20. The normalized spacial score (nSPS) is 30.9. The van der Waals surface area contributed by atoms with Crippen LogP contribution in [-0.4, -0.2) is 4.98 Å². The van der Waals surface area contributed by atoms with Gasteiger partial charge in [0.25, 0.3) is 0 Å². The van der Waals surface area contributed by atoms with Gasteiger partial charge in [-0.05, 0) is 41.5 Å². The van der Waals surface area contributed by atoms with E-state index in [2.05, 4.69) is 29.2 Å². The molecular weight excluding hydrogens is 232 g/mol. The van der Waals surface area contributed by atoms with E-state index in [0.717, 1.165) is 11.8 Å². The summed E-state index contributed by atoms with van der Waals surface area (Å²) in [6.07, 6.45) is 9.50. The van der Waals surface area contributed by atoms with Crippen molar-refractivity contribution in [2.24, 2.45) is 23.5 Å². The van der Waals surface area contributed by atoms with Crippen molar-refractivity contribution in [1.29, 1.82) is 0 Å². The average molecular weight is 252 g/mol. The van der Waals surface area contributed by atoms with Crippen LogP contribution in [-0.2, 0) is 0 Å². The summed E-state index contributed by atoms with van der Waals surface area (Å²) in [6, 6.07) is 8.64. The van der Waals surface area contributed by atoms with Crippen LogP contribution >= 0.6 is 0 Å². The lowest BCUT2D eigenvalue weighted by Gasteiger charge is -2.14. The highest BCUT2D eigenvalue weighted by molar-refractivity contribution is 5.85. The molecule has 2 aliphatic rings. The topological polar surface area (TPSA) is 38.9 Å². The van der Waals surface area contributed by atoms with Crippen molar-refractivity contribution in [2.75, 3.05) is 0 Å². The van der Waals surface area contributed by atoms with Crippen molar-refractivity contribution in [2.45, 2.75) is 31.7 Å². The molecule has 2 nitrogen and oxygen atoms in total. The van der Waals surface area contributed by atoms with Gasteiger partial charge in [0.05, 0.1) is 0 Å². The molecule has 2 aliphatic carbocycles. The molecule has 0 bridgehead atoms. The molecule has 1 aromatic heterocycles. The van der Waals surface area contributed by atoms with E-state index in [4.69, 9.17) is 5.73 Å². The molecule has 3 atom stereocenters. The number of benzene rings is 1. The van der Waals surface area contributed by atoms with Gasteiger partial charge in [-0.3, -0.25) is 4.98 Å². The van der Waals surface area contributed by atoms with Gasteiger partial charge < -0.3 is 5.73 Å². The zero-order chi connectivity index (χ0) is 12.8. The summed E-state index contributed by atoms with van der Waals surface area (Å²) in [7, 11) is 0. The summed E-state index contributed by atoms with van der Waals surface area (Å²) in [4.78, 5) is 4.38. The molecule has 2 saturated carbocycles. The van der Waals surface area contributed by atoms with Gasteiger partial charge in [-0.1, -0.05) is 37.1 Å². The summed E-state index contributed by atoms with van der Waals surface area (Å²) in [5.74, 6) is 2.49. The summed E-state index contributed by atoms with van der Waals surface area (Å²) >= 11 is 0. The molecule has 0 spiro atoms. The Balaban J connectivity index is 1.71. The van der Waals surface area contributed by atoms with E-state index in [0.29, 0.717) is 5.92 Å². The minimum Gasteiger partial charge on any atom is -0.324 e. The van der Waals surface area contributed by atoms with Crippen molar-refractivity contribution in [1.82, 2.24) is 4.98 Å². The van der Waals surface area contributed by atoms with Crippen LogP contribution in [0.2, 0.25) is 0 Å². The molecule has 19 heavy (non-hydrogen) atoms. The third kappa shape index (κ3) is 1.78. The van der Waals surface area contributed by atoms with Crippen LogP contribution < -0.4 is 5.73 Å². The molecular formula is C17H20N2. The molecule has 2 aromatic rings. The van der Waals surface area contributed by atoms with Crippen LogP contribution in [0.3, 0.4) is 0 Å². The lowest BCUT2D eigenvalue weighted by Crippen LogP contribution is -2.15. The molecule has 3 unspecified atom stereocenters. The molecule has 4 rings (SSSR count). The number of pyridine rings is 1. The maximum atomic E-state index is 6.59. The first-order valence-electron chi connectivity index (χ1n) is 7.44. The number of aromatic nitrogens is 1. The zero-order valence-electron chi connectivity index (χ0n) is 11.1. The maximum Gasteiger partial charge on any atom is 0.0350 e. The van der Waals surface area contributed by atoms with Gasteiger partial charge in [0.2, 0.25) is 0 Å². The lowest BCUT2D eigenvalue weighted by atomic mass is 9.97. The SMILES string of the molecule is NC(c1cncc2ccccc12)C1C2CCCCC21. The predicted octanol–water partition coefficient (Wildman–Crippen LogP) is 3.67. The van der Waals surface area contributed by atoms with E-state index < -0.39 is 0 Å². The summed E-state index contributed by atoms with van der Waals surface area (Å²) in [5, 5.41) is 2.49. The molecule has 2 N–H and O–H groups in total. The van der Waals surface area contributed by atoms with Gasteiger partial charge in [0, 0.05) is 23.8 Å². The summed E-state index contributed by atoms with van der Waals surface area (Å²) < 4.78 is 0. The quantitative estimate of drug-likeness (QED) is 0.885. The third-order valence-corrected chi connectivity index (χ3v) is 5.20. The minimum absolute atomic E-state index is 0.173. The van der Waals surface area contributed by atoms with Gasteiger partial charge in [0.1, 0.15) is 0 Å². The molecule has 1 aromatic carbocycles. The minimum atomic E-state index is 0.173. The Morgan fingerprint density at radius 3 is 2.58 bits per heavy atom. The van der Waals surface area contributed by atoms with Crippen molar-refractivity contribution >= 4 is 10.8 Å². The number of fused-ring (bicyclic) bond motifs is 2. The van der Waals surface area contributed by atoms with E-state index in [1.165, 1.54) is 42.0 Å². The molecule has 1 heterocycles. The second-order valence-corrected chi connectivity index (χ2v) is 6.17. The van der Waals surface area contributed by atoms with Crippen LogP contribution in [0.1, 0.15) is 37.3 Å². The Bertz CT molecular complexity index is 590. The molecule has 0 radical (unpaired) electrons. The molecule has 98 valence electrons. The van der Waals surface area contributed by atoms with Crippen molar-refractivity contribution in [3.63, 3.8) is 0 Å². The first-order chi connectivity index (χ1) is 9.36. The predicted molar refractivity (Wildman–Crippen MR) is 77.6 cm³/mol. The number of hydrogen-bond acceptors (Lipinski definition) is 2. The second-order valence-electron chi connectivity index (χ2n) is 6.17. The van der Waals surface area contributed by atoms with Crippen molar-refractivity contribution < 1.29 is 0 Å². The van der Waals surface area contributed by atoms with E-state index in [-0.39, 0.29) is 6.04 Å². The van der Waals surface area contributed by atoms with E-state index in [1.54, 1.807) is 0 Å². The fourth-order valence-electron chi connectivity index (χ4n) is 4.19. The second kappa shape index (κ2) is 4.31. The highest BCUT2D eigenvalue weighted by Gasteiger charge is 2.53. The van der Waals surface area contributed by atoms with Crippen LogP contribution in [0.5, 0.6) is 0 Å². The molecule has 0 amide bonds. The first-order valence-corrected chi connectivity index (χ1v) is 7.44. The number of nitrogens with two attached hydrogens (primary N) is 1. The Labute approximate surface area is 114 Å². The third-order valence-electron chi connectivity index (χ3n) is 5.20. The fourth-order valence-corrected chi connectivity index (χ4v) is 4.19. The van der Waals surface area contributed by atoms with Gasteiger partial charge >= 0.3 is 0 Å². The van der Waals surface area contributed by atoms with E-state index in [1.807, 2.05) is 12.4 Å². The van der Waals surface area contributed by atoms with Gasteiger partial charge in [0.15, 0.2) is 0 Å². The Hall–Kier alpha value is -1.41. The highest BCUT2D eigenvalue weighted by atomic mass is 14.8. The number of hydrogen-bond donors (Lipinski definition) is 1. The largest absolute Gasteiger partial charge is 0.324 e. The smallest absolute Gasteiger partial charge is 0.0350 e. The van der Waals surface area contributed by atoms with E-state index >= 15 is 0 Å². The van der Waals surface area contributed by atoms with Gasteiger partial charge in [-0.15, -0.1) is 0 Å². The monoisotopic (exact) mass is 252 g/mol. The fraction of sp³-hybridized carbons (Fsp3) is 0.471. The number of nitrogens with zero attached hydrogens (tertiary/aromatic N) is 1. The zero-order valence-corrected chi connectivity index (χ0v) is 11.1. The van der Waals surface area contributed by atoms with Crippen LogP contribution in [0.15, 0.2) is 36.7 Å². The lowest BCUT2D eigenvalue weighted by molar-refractivity contribution is 0.480. The van der Waals surface area contributed by atoms with Crippen LogP contribution in [0, 0.1) is 17.8 Å². The molecule has 0 aliphatic heterocycles. The van der Waals surface area contributed by atoms with Gasteiger partial charge in [-0.2, -0.15) is 0 Å². The standard InChI is InChI=1S/C17H20N2/c18-17(16-13-7-3-4-8-14(13)16)15-10-19-9-11-5-1-2-6-12(11)15/h1-2,5-6,9-10,13-14,16-17H,3-4,7-8,18H2. The summed E-state index contributed by atoms with van der Waals surface area (Å²) in [5.41, 5.74) is 7.83.